The van der Waals surface area contributed by atoms with Crippen molar-refractivity contribution in [2.45, 2.75) is 0 Å². The predicted octanol–water partition coefficient (Wildman–Crippen LogP) is -1.80. The fraction of sp³-hybridized carbons (Fsp3) is 0. The maximum Gasteiger partial charge on any atom is 0.290 e. The van der Waals surface area contributed by atoms with Crippen molar-refractivity contribution in [1.82, 2.24) is 0 Å². The van der Waals surface area contributed by atoms with E-state index in [1.807, 2.05) is 0 Å². The standard InChI is InChI=1S/6CH2O2.Er.Eu/c6*2-1-3;;/h6*1H,(H,2,3);;. The second kappa shape index (κ2) is 182. The molecule has 20 heavy (non-hydrogen) atoms. The Bertz CT molecular complexity index is 119. The molecule has 127 valence electrons. The van der Waals surface area contributed by atoms with Gasteiger partial charge >= 0.3 is 0 Å². The van der Waals surface area contributed by atoms with Gasteiger partial charge in [-0.2, -0.15) is 0 Å². The minimum atomic E-state index is -0.250. The summed E-state index contributed by atoms with van der Waals surface area (Å²) >= 11 is 0. The first-order valence-corrected chi connectivity index (χ1v) is 2.96. The summed E-state index contributed by atoms with van der Waals surface area (Å²) in [6.45, 7) is -1.50. The summed E-state index contributed by atoms with van der Waals surface area (Å²) in [7, 11) is 0. The molecule has 1 radical (unpaired) electrons. The molecule has 12 nitrogen and oxygen atoms in total. The van der Waals surface area contributed by atoms with E-state index in [1.165, 1.54) is 0 Å². The van der Waals surface area contributed by atoms with Crippen molar-refractivity contribution in [2.75, 3.05) is 0 Å². The smallest absolute Gasteiger partial charge is 0.290 e. The van der Waals surface area contributed by atoms with Crippen LogP contribution < -0.4 is 0 Å². The summed E-state index contributed by atoms with van der Waals surface area (Å²) in [4.78, 5) is 50.2. The second-order valence-electron chi connectivity index (χ2n) is 0.632. The summed E-state index contributed by atoms with van der Waals surface area (Å²) in [5.41, 5.74) is 0. The zero-order valence-electron chi connectivity index (χ0n) is 9.26. The van der Waals surface area contributed by atoms with Crippen molar-refractivity contribution in [3.05, 3.63) is 0 Å². The van der Waals surface area contributed by atoms with Gasteiger partial charge < -0.3 is 30.6 Å². The molecule has 0 aromatic rings. The van der Waals surface area contributed by atoms with Crippen LogP contribution in [-0.2, 0) is 28.8 Å². The first kappa shape index (κ1) is 50.4. The van der Waals surface area contributed by atoms with E-state index in [0.29, 0.717) is 0 Å². The molecule has 0 spiro atoms. The van der Waals surface area contributed by atoms with Crippen molar-refractivity contribution in [3.8, 4) is 0 Å². The van der Waals surface area contributed by atoms with Gasteiger partial charge in [-0.3, -0.25) is 28.8 Å². The van der Waals surface area contributed by atoms with E-state index in [9.17, 15) is 0 Å². The van der Waals surface area contributed by atoms with Gasteiger partial charge in [-0.15, -0.1) is 0 Å². The topological polar surface area (TPSA) is 224 Å². The summed E-state index contributed by atoms with van der Waals surface area (Å²) in [5.74, 6) is 0. The average molecular weight is 595 g/mol. The molecule has 0 aliphatic carbocycles. The third-order valence-corrected chi connectivity index (χ3v) is 0. The number of carbonyl (C=O) groups is 6. The van der Waals surface area contributed by atoms with E-state index < -0.39 is 0 Å². The zero-order valence-corrected chi connectivity index (χ0v) is 13.5. The Morgan fingerprint density at radius 2 is 0.400 bits per heavy atom. The summed E-state index contributed by atoms with van der Waals surface area (Å²) in [6.07, 6.45) is 0. The molecule has 0 saturated heterocycles. The number of rotatable bonds is 0. The van der Waals surface area contributed by atoms with E-state index in [0.717, 1.165) is 0 Å². The van der Waals surface area contributed by atoms with Gasteiger partial charge in [-0.05, 0) is 0 Å². The Morgan fingerprint density at radius 1 is 0.400 bits per heavy atom. The fourth-order valence-electron chi connectivity index (χ4n) is 0. The summed E-state index contributed by atoms with van der Waals surface area (Å²) in [6, 6.07) is 0. The minimum absolute atomic E-state index is 0. The van der Waals surface area contributed by atoms with Gasteiger partial charge in [0.2, 0.25) is 0 Å². The maximum absolute atomic E-state index is 8.36. The average Bonchev–Trinajstić information content (AvgIpc) is 2.23. The molecule has 0 bridgehead atoms. The van der Waals surface area contributed by atoms with Gasteiger partial charge in [-0.1, -0.05) is 0 Å². The van der Waals surface area contributed by atoms with Crippen molar-refractivity contribution in [3.63, 3.8) is 0 Å². The molecular formula is C6H12ErEuO12. The molecule has 0 unspecified atom stereocenters. The first-order chi connectivity index (χ1) is 8.49. The first-order valence-electron chi connectivity index (χ1n) is 2.96. The van der Waals surface area contributed by atoms with Gasteiger partial charge in [0.25, 0.3) is 38.8 Å². The van der Waals surface area contributed by atoms with Gasteiger partial charge in [0.05, 0.1) is 0 Å². The van der Waals surface area contributed by atoms with Crippen LogP contribution in [0.25, 0.3) is 0 Å². The van der Waals surface area contributed by atoms with Crippen molar-refractivity contribution >= 4 is 38.8 Å². The molecule has 0 saturated carbocycles. The number of carboxylic acid groups (broad SMARTS) is 6. The minimum Gasteiger partial charge on any atom is -0.483 e. The Morgan fingerprint density at radius 3 is 0.400 bits per heavy atom. The molecule has 14 heteroatoms. The Kier molecular flexibility index (Phi) is 458. The van der Waals surface area contributed by atoms with Gasteiger partial charge in [0, 0.05) is 86.7 Å². The Hall–Kier alpha value is -0.349. The van der Waals surface area contributed by atoms with Crippen LogP contribution in [0.2, 0.25) is 0 Å². The van der Waals surface area contributed by atoms with E-state index in [2.05, 4.69) is 0 Å². The molecule has 0 rings (SSSR count). The zero-order chi connectivity index (χ0) is 16.2. The van der Waals surface area contributed by atoms with Crippen molar-refractivity contribution in [2.24, 2.45) is 0 Å². The molecule has 6 N–H and O–H groups in total. The van der Waals surface area contributed by atoms with Crippen LogP contribution in [0.15, 0.2) is 0 Å². The molecule has 0 heterocycles. The van der Waals surface area contributed by atoms with Crippen LogP contribution in [0.5, 0.6) is 0 Å². The fourth-order valence-corrected chi connectivity index (χ4v) is 0. The molecule has 0 aromatic carbocycles. The van der Waals surface area contributed by atoms with Crippen LogP contribution in [0.1, 0.15) is 0 Å². The van der Waals surface area contributed by atoms with E-state index in [1.54, 1.807) is 0 Å². The molecular weight excluding hydrogens is 583 g/mol. The van der Waals surface area contributed by atoms with Crippen LogP contribution in [-0.4, -0.2) is 69.5 Å². The van der Waals surface area contributed by atoms with Crippen LogP contribution in [0.4, 0.5) is 0 Å². The maximum atomic E-state index is 8.36. The second-order valence-corrected chi connectivity index (χ2v) is 0.632. The molecule has 0 atom stereocenters. The number of hydrogen-bond donors (Lipinski definition) is 6. The van der Waals surface area contributed by atoms with E-state index >= 15 is 0 Å². The third-order valence-electron chi connectivity index (χ3n) is 0. The van der Waals surface area contributed by atoms with Crippen molar-refractivity contribution < 1.29 is 146 Å². The normalized spacial score (nSPS) is 3.60. The Balaban J connectivity index is -0.0000000141. The van der Waals surface area contributed by atoms with Gasteiger partial charge in [0.15, 0.2) is 0 Å². The third kappa shape index (κ3) is 40200. The van der Waals surface area contributed by atoms with E-state index in [4.69, 9.17) is 59.4 Å². The number of hydrogen-bond acceptors (Lipinski definition) is 6. The summed E-state index contributed by atoms with van der Waals surface area (Å²) in [5, 5.41) is 41.3. The summed E-state index contributed by atoms with van der Waals surface area (Å²) < 4.78 is 0. The van der Waals surface area contributed by atoms with Crippen molar-refractivity contribution in [1.29, 1.82) is 0 Å². The molecule has 0 aliphatic heterocycles. The quantitative estimate of drug-likeness (QED) is 0.171. The van der Waals surface area contributed by atoms with E-state index in [-0.39, 0.29) is 126 Å². The van der Waals surface area contributed by atoms with Gasteiger partial charge in [-0.25, -0.2) is 0 Å². The monoisotopic (exact) mass is 595 g/mol. The van der Waals surface area contributed by atoms with Crippen LogP contribution in [0.3, 0.4) is 0 Å². The molecule has 0 aromatic heterocycles. The van der Waals surface area contributed by atoms with Gasteiger partial charge in [0.1, 0.15) is 0 Å². The predicted molar refractivity (Wildman–Crippen MR) is 52.2 cm³/mol. The molecule has 0 amide bonds. The molecule has 0 aliphatic rings. The Labute approximate surface area is 182 Å². The van der Waals surface area contributed by atoms with Crippen LogP contribution in [0, 0.1) is 86.7 Å². The SMILES string of the molecule is O=CO.O=CO.O=CO.O=CO.O=CO.O=CO.[Er].[Eu]. The largest absolute Gasteiger partial charge is 0.483 e. The van der Waals surface area contributed by atoms with Crippen LogP contribution >= 0.6 is 0 Å². The molecule has 0 fully saturated rings.